The Balaban J connectivity index is 0.00000341. The second-order valence-electron chi connectivity index (χ2n) is 7.74. The van der Waals surface area contributed by atoms with E-state index in [0.717, 1.165) is 63.6 Å². The average Bonchev–Trinajstić information content (AvgIpc) is 2.78. The predicted molar refractivity (Wildman–Crippen MR) is 141 cm³/mol. The van der Waals surface area contributed by atoms with Crippen molar-refractivity contribution in [2.75, 3.05) is 53.4 Å². The fourth-order valence-corrected chi connectivity index (χ4v) is 3.92. The van der Waals surface area contributed by atoms with Crippen molar-refractivity contribution < 1.29 is 0 Å². The van der Waals surface area contributed by atoms with Crippen LogP contribution < -0.4 is 10.6 Å². The van der Waals surface area contributed by atoms with Gasteiger partial charge in [-0.2, -0.15) is 0 Å². The maximum absolute atomic E-state index is 5.83. The van der Waals surface area contributed by atoms with Crippen molar-refractivity contribution in [3.05, 3.63) is 64.9 Å². The molecule has 1 saturated heterocycles. The minimum absolute atomic E-state index is 0. The van der Waals surface area contributed by atoms with Crippen molar-refractivity contribution in [1.29, 1.82) is 0 Å². The lowest BCUT2D eigenvalue weighted by Crippen LogP contribution is -2.47. The molecule has 170 valence electrons. The molecule has 1 unspecified atom stereocenters. The molecule has 0 amide bonds. The molecular formula is C23H34ClIN6. The van der Waals surface area contributed by atoms with Crippen LogP contribution in [0.2, 0.25) is 5.15 Å². The van der Waals surface area contributed by atoms with Crippen molar-refractivity contribution in [3.8, 4) is 0 Å². The van der Waals surface area contributed by atoms with E-state index in [1.807, 2.05) is 25.4 Å². The van der Waals surface area contributed by atoms with Crippen LogP contribution in [0.1, 0.15) is 23.6 Å². The Labute approximate surface area is 208 Å². The Morgan fingerprint density at radius 1 is 1.13 bits per heavy atom. The molecule has 2 N–H and O–H groups in total. The van der Waals surface area contributed by atoms with Gasteiger partial charge in [-0.1, -0.05) is 48.0 Å². The number of benzene rings is 1. The molecule has 1 aromatic heterocycles. The van der Waals surface area contributed by atoms with Gasteiger partial charge in [0.05, 0.1) is 0 Å². The minimum Gasteiger partial charge on any atom is -0.356 e. The van der Waals surface area contributed by atoms with E-state index in [1.165, 1.54) is 5.56 Å². The van der Waals surface area contributed by atoms with Gasteiger partial charge < -0.3 is 15.5 Å². The molecular weight excluding hydrogens is 523 g/mol. The van der Waals surface area contributed by atoms with Crippen LogP contribution in [0.15, 0.2) is 53.7 Å². The van der Waals surface area contributed by atoms with Gasteiger partial charge in [0.25, 0.3) is 0 Å². The first-order chi connectivity index (χ1) is 14.7. The van der Waals surface area contributed by atoms with Gasteiger partial charge in [-0.05, 0) is 37.1 Å². The maximum Gasteiger partial charge on any atom is 0.190 e. The predicted octanol–water partition coefficient (Wildman–Crippen LogP) is 3.44. The van der Waals surface area contributed by atoms with Crippen molar-refractivity contribution in [1.82, 2.24) is 25.4 Å². The average molecular weight is 557 g/mol. The number of aliphatic imine (C=N–C) groups is 1. The van der Waals surface area contributed by atoms with Crippen LogP contribution in [0.3, 0.4) is 0 Å². The lowest BCUT2D eigenvalue weighted by Gasteiger charge is -2.40. The summed E-state index contributed by atoms with van der Waals surface area (Å²) in [7, 11) is 4.02. The summed E-state index contributed by atoms with van der Waals surface area (Å²) in [4.78, 5) is 13.5. The third-order valence-corrected chi connectivity index (χ3v) is 5.74. The molecule has 0 spiro atoms. The van der Waals surface area contributed by atoms with E-state index in [0.29, 0.717) is 11.2 Å². The molecule has 0 radical (unpaired) electrons. The Kier molecular flexibility index (Phi) is 11.6. The van der Waals surface area contributed by atoms with E-state index < -0.39 is 0 Å². The number of hydrogen-bond acceptors (Lipinski definition) is 4. The van der Waals surface area contributed by atoms with Crippen LogP contribution in [0.4, 0.5) is 0 Å². The molecule has 1 fully saturated rings. The van der Waals surface area contributed by atoms with Gasteiger partial charge in [-0.25, -0.2) is 4.98 Å². The van der Waals surface area contributed by atoms with Gasteiger partial charge in [0, 0.05) is 58.6 Å². The van der Waals surface area contributed by atoms with Crippen LogP contribution >= 0.6 is 35.6 Å². The summed E-state index contributed by atoms with van der Waals surface area (Å²) in [5.41, 5.74) is 2.57. The number of aromatic nitrogens is 1. The van der Waals surface area contributed by atoms with Gasteiger partial charge in [0.1, 0.15) is 5.15 Å². The first-order valence-electron chi connectivity index (χ1n) is 10.7. The van der Waals surface area contributed by atoms with Crippen molar-refractivity contribution in [2.24, 2.45) is 4.99 Å². The number of guanidine groups is 1. The third-order valence-electron chi connectivity index (χ3n) is 5.51. The molecule has 8 heteroatoms. The number of rotatable bonds is 8. The first kappa shape index (κ1) is 25.8. The maximum atomic E-state index is 5.83. The van der Waals surface area contributed by atoms with Crippen LogP contribution in [-0.2, 0) is 6.42 Å². The molecule has 2 heterocycles. The second kappa shape index (κ2) is 13.9. The summed E-state index contributed by atoms with van der Waals surface area (Å²) >= 11 is 5.83. The van der Waals surface area contributed by atoms with Gasteiger partial charge in [-0.3, -0.25) is 9.89 Å². The van der Waals surface area contributed by atoms with Crippen molar-refractivity contribution in [2.45, 2.75) is 18.9 Å². The zero-order chi connectivity index (χ0) is 21.2. The SMILES string of the molecule is CN=C(NCCCN1CCN(C)CC1c1ccccc1)NCCc1ccc(Cl)nc1.I. The number of pyridine rings is 1. The number of likely N-dealkylation sites (N-methyl/N-ethyl adjacent to an activating group) is 1. The highest BCUT2D eigenvalue weighted by Gasteiger charge is 2.25. The summed E-state index contributed by atoms with van der Waals surface area (Å²) in [6.07, 6.45) is 3.78. The summed E-state index contributed by atoms with van der Waals surface area (Å²) in [6.45, 7) is 6.10. The minimum atomic E-state index is 0. The molecule has 1 aliphatic heterocycles. The fourth-order valence-electron chi connectivity index (χ4n) is 3.81. The number of piperazine rings is 1. The van der Waals surface area contributed by atoms with E-state index in [-0.39, 0.29) is 24.0 Å². The summed E-state index contributed by atoms with van der Waals surface area (Å²) in [5, 5.41) is 7.33. The highest BCUT2D eigenvalue weighted by Crippen LogP contribution is 2.24. The summed E-state index contributed by atoms with van der Waals surface area (Å²) in [5.74, 6) is 0.843. The van der Waals surface area contributed by atoms with Crippen LogP contribution in [0.25, 0.3) is 0 Å². The van der Waals surface area contributed by atoms with E-state index in [1.54, 1.807) is 0 Å². The molecule has 31 heavy (non-hydrogen) atoms. The van der Waals surface area contributed by atoms with Crippen molar-refractivity contribution in [3.63, 3.8) is 0 Å². The third kappa shape index (κ3) is 8.56. The lowest BCUT2D eigenvalue weighted by molar-refractivity contribution is 0.0891. The molecule has 2 aromatic rings. The number of halogens is 2. The Bertz CT molecular complexity index is 786. The van der Waals surface area contributed by atoms with Crippen LogP contribution in [0.5, 0.6) is 0 Å². The van der Waals surface area contributed by atoms with E-state index in [4.69, 9.17) is 11.6 Å². The molecule has 0 aliphatic carbocycles. The highest BCUT2D eigenvalue weighted by molar-refractivity contribution is 14.0. The number of nitrogens with zero attached hydrogens (tertiary/aromatic N) is 4. The molecule has 1 aromatic carbocycles. The normalized spacial score (nSPS) is 17.8. The molecule has 6 nitrogen and oxygen atoms in total. The largest absolute Gasteiger partial charge is 0.356 e. The summed E-state index contributed by atoms with van der Waals surface area (Å²) in [6, 6.07) is 15.2. The standard InChI is InChI=1S/C23H33ClN6.HI/c1-25-23(27-13-11-19-9-10-22(24)28-17-19)26-12-6-14-30-16-15-29(2)18-21(30)20-7-4-3-5-8-20;/h3-5,7-10,17,21H,6,11-16,18H2,1-2H3,(H2,25,26,27);1H. The monoisotopic (exact) mass is 556 g/mol. The Morgan fingerprint density at radius 2 is 1.90 bits per heavy atom. The van der Waals surface area contributed by atoms with E-state index in [2.05, 4.69) is 67.8 Å². The molecule has 1 atom stereocenters. The quantitative estimate of drug-likeness (QED) is 0.172. The number of hydrogen-bond donors (Lipinski definition) is 2. The molecule has 3 rings (SSSR count). The first-order valence-corrected chi connectivity index (χ1v) is 11.1. The Hall–Kier alpha value is -1.42. The van der Waals surface area contributed by atoms with Gasteiger partial charge >= 0.3 is 0 Å². The molecule has 0 bridgehead atoms. The van der Waals surface area contributed by atoms with Crippen LogP contribution in [0, 0.1) is 0 Å². The van der Waals surface area contributed by atoms with E-state index >= 15 is 0 Å². The van der Waals surface area contributed by atoms with Gasteiger partial charge in [-0.15, -0.1) is 24.0 Å². The lowest BCUT2D eigenvalue weighted by atomic mass is 10.0. The summed E-state index contributed by atoms with van der Waals surface area (Å²) < 4.78 is 0. The zero-order valence-corrected chi connectivity index (χ0v) is 21.5. The van der Waals surface area contributed by atoms with Crippen LogP contribution in [-0.4, -0.2) is 74.1 Å². The number of nitrogens with one attached hydrogen (secondary N) is 2. The smallest absolute Gasteiger partial charge is 0.190 e. The second-order valence-corrected chi connectivity index (χ2v) is 8.13. The topological polar surface area (TPSA) is 55.8 Å². The van der Waals surface area contributed by atoms with Gasteiger partial charge in [0.15, 0.2) is 5.96 Å². The fraction of sp³-hybridized carbons (Fsp3) is 0.478. The molecule has 0 saturated carbocycles. The van der Waals surface area contributed by atoms with E-state index in [9.17, 15) is 0 Å². The Morgan fingerprint density at radius 3 is 2.61 bits per heavy atom. The van der Waals surface area contributed by atoms with Gasteiger partial charge in [0.2, 0.25) is 0 Å². The zero-order valence-electron chi connectivity index (χ0n) is 18.4. The van der Waals surface area contributed by atoms with Crippen molar-refractivity contribution >= 4 is 41.5 Å². The molecule has 1 aliphatic rings. The highest BCUT2D eigenvalue weighted by atomic mass is 127.